The average molecular weight is 562 g/mol. The number of aliphatic hydroxyl groups is 1. The molecule has 0 radical (unpaired) electrons. The summed E-state index contributed by atoms with van der Waals surface area (Å²) in [4.78, 5) is 46.8. The number of methoxy groups -OCH3 is 1. The number of nitrogens with zero attached hydrogens (tertiary/aromatic N) is 2. The number of fused-ring (bicyclic) bond motifs is 1. The second-order valence-electron chi connectivity index (χ2n) is 8.51. The van der Waals surface area contributed by atoms with Gasteiger partial charge in [0, 0.05) is 10.0 Å². The third-order valence-corrected chi connectivity index (χ3v) is 7.12. The minimum Gasteiger partial charge on any atom is -0.507 e. The molecule has 1 saturated heterocycles. The van der Waals surface area contributed by atoms with Gasteiger partial charge < -0.3 is 19.9 Å². The number of aromatic amines is 1. The van der Waals surface area contributed by atoms with E-state index in [0.717, 1.165) is 10.0 Å². The highest BCUT2D eigenvalue weighted by Gasteiger charge is 2.48. The molecule has 1 amide bonds. The lowest BCUT2D eigenvalue weighted by Crippen LogP contribution is -2.30. The molecular formula is C27H20BrN3O6. The number of H-pyrrole nitrogens is 1. The Morgan fingerprint density at radius 2 is 1.81 bits per heavy atom. The predicted molar refractivity (Wildman–Crippen MR) is 140 cm³/mol. The third kappa shape index (κ3) is 4.15. The number of benzene rings is 3. The summed E-state index contributed by atoms with van der Waals surface area (Å²) in [6.07, 6.45) is 0. The molecule has 0 bridgehead atoms. The fourth-order valence-corrected chi connectivity index (χ4v) is 4.62. The number of carbonyl (C=O) groups excluding carboxylic acids is 2. The Kier molecular flexibility index (Phi) is 6.04. The number of aromatic nitrogens is 2. The zero-order valence-corrected chi connectivity index (χ0v) is 21.2. The van der Waals surface area contributed by atoms with Crippen molar-refractivity contribution in [2.45, 2.75) is 13.0 Å². The maximum absolute atomic E-state index is 13.4. The number of hydrogen-bond acceptors (Lipinski definition) is 6. The predicted octanol–water partition coefficient (Wildman–Crippen LogP) is 4.97. The number of ether oxygens (including phenoxy) is 1. The van der Waals surface area contributed by atoms with Crippen molar-refractivity contribution >= 4 is 56.3 Å². The monoisotopic (exact) mass is 561 g/mol. The lowest BCUT2D eigenvalue weighted by Gasteiger charge is -2.23. The zero-order chi connectivity index (χ0) is 26.4. The number of aryl methyl sites for hydroxylation is 1. The highest BCUT2D eigenvalue weighted by Crippen LogP contribution is 2.42. The Morgan fingerprint density at radius 3 is 2.51 bits per heavy atom. The summed E-state index contributed by atoms with van der Waals surface area (Å²) >= 11 is 3.43. The summed E-state index contributed by atoms with van der Waals surface area (Å²) in [5.41, 5.74) is 2.46. The number of aromatic carboxylic acids is 1. The lowest BCUT2D eigenvalue weighted by atomic mass is 9.95. The Labute approximate surface area is 219 Å². The molecule has 10 heteroatoms. The molecule has 1 aliphatic heterocycles. The van der Waals surface area contributed by atoms with Gasteiger partial charge in [0.2, 0.25) is 5.95 Å². The van der Waals surface area contributed by atoms with E-state index in [1.165, 1.54) is 30.2 Å². The normalized spacial score (nSPS) is 16.9. The molecular weight excluding hydrogens is 542 g/mol. The van der Waals surface area contributed by atoms with Gasteiger partial charge in [-0.1, -0.05) is 34.1 Å². The first-order valence-corrected chi connectivity index (χ1v) is 11.9. The van der Waals surface area contributed by atoms with Crippen molar-refractivity contribution in [3.05, 3.63) is 93.0 Å². The van der Waals surface area contributed by atoms with Crippen LogP contribution in [0.3, 0.4) is 0 Å². The van der Waals surface area contributed by atoms with Crippen molar-refractivity contribution in [2.75, 3.05) is 12.0 Å². The van der Waals surface area contributed by atoms with Crippen LogP contribution in [0.25, 0.3) is 16.8 Å². The molecule has 5 rings (SSSR count). The molecule has 1 atom stereocenters. The smallest absolute Gasteiger partial charge is 0.335 e. The average Bonchev–Trinajstić information content (AvgIpc) is 3.42. The number of imidazole rings is 1. The molecule has 0 spiro atoms. The highest BCUT2D eigenvalue weighted by molar-refractivity contribution is 9.10. The van der Waals surface area contributed by atoms with Crippen LogP contribution in [0.4, 0.5) is 5.95 Å². The van der Waals surface area contributed by atoms with Crippen molar-refractivity contribution in [3.8, 4) is 5.75 Å². The van der Waals surface area contributed by atoms with E-state index in [2.05, 4.69) is 25.9 Å². The minimum atomic E-state index is -1.11. The van der Waals surface area contributed by atoms with Gasteiger partial charge in [-0.25, -0.2) is 9.78 Å². The first kappa shape index (κ1) is 24.3. The summed E-state index contributed by atoms with van der Waals surface area (Å²) < 4.78 is 6.18. The Hall–Kier alpha value is -4.44. The molecule has 1 aromatic heterocycles. The van der Waals surface area contributed by atoms with E-state index in [-0.39, 0.29) is 22.8 Å². The third-order valence-electron chi connectivity index (χ3n) is 6.23. The SMILES string of the molecule is COc1cccc(C2/C(=C(\O)c3ccc(Br)c(C)c3)C(=O)C(=O)N2c2nc3ccc(C(=O)O)cc3[nH]2)c1. The number of anilines is 1. The van der Waals surface area contributed by atoms with Crippen molar-refractivity contribution < 1.29 is 29.3 Å². The van der Waals surface area contributed by atoms with E-state index in [9.17, 15) is 24.6 Å². The van der Waals surface area contributed by atoms with Gasteiger partial charge in [0.25, 0.3) is 5.78 Å². The fraction of sp³-hybridized carbons (Fsp3) is 0.111. The van der Waals surface area contributed by atoms with Crippen LogP contribution >= 0.6 is 15.9 Å². The van der Waals surface area contributed by atoms with Crippen LogP contribution < -0.4 is 9.64 Å². The van der Waals surface area contributed by atoms with Crippen LogP contribution in [0.1, 0.15) is 33.1 Å². The van der Waals surface area contributed by atoms with Gasteiger partial charge in [-0.05, 0) is 60.5 Å². The minimum absolute atomic E-state index is 0.0403. The van der Waals surface area contributed by atoms with E-state index < -0.39 is 23.7 Å². The summed E-state index contributed by atoms with van der Waals surface area (Å²) in [6, 6.07) is 15.2. The van der Waals surface area contributed by atoms with Gasteiger partial charge >= 0.3 is 11.9 Å². The van der Waals surface area contributed by atoms with Gasteiger partial charge in [-0.15, -0.1) is 0 Å². The molecule has 0 aliphatic carbocycles. The fourth-order valence-electron chi connectivity index (χ4n) is 4.37. The largest absolute Gasteiger partial charge is 0.507 e. The number of carboxylic acids is 1. The van der Waals surface area contributed by atoms with E-state index in [0.29, 0.717) is 27.9 Å². The topological polar surface area (TPSA) is 133 Å². The van der Waals surface area contributed by atoms with E-state index >= 15 is 0 Å². The molecule has 1 aliphatic rings. The molecule has 1 fully saturated rings. The molecule has 37 heavy (non-hydrogen) atoms. The van der Waals surface area contributed by atoms with Crippen LogP contribution in [0.15, 0.2) is 70.7 Å². The number of carbonyl (C=O) groups is 3. The molecule has 1 unspecified atom stereocenters. The quantitative estimate of drug-likeness (QED) is 0.178. The molecule has 3 aromatic carbocycles. The summed E-state index contributed by atoms with van der Waals surface area (Å²) in [5.74, 6) is -2.66. The second-order valence-corrected chi connectivity index (χ2v) is 9.36. The molecule has 0 saturated carbocycles. The summed E-state index contributed by atoms with van der Waals surface area (Å²) in [7, 11) is 1.50. The number of halogens is 1. The zero-order valence-electron chi connectivity index (χ0n) is 19.7. The molecule has 186 valence electrons. The molecule has 3 N–H and O–H groups in total. The standard InChI is InChI=1S/C27H20BrN3O6/c1-13-10-15(6-8-18(13)28)23(32)21-22(14-4-3-5-17(11-14)37-2)31(25(34)24(21)33)27-29-19-9-7-16(26(35)36)12-20(19)30-27/h3-12,22,32H,1-2H3,(H,29,30)(H,35,36)/b23-21+. The maximum atomic E-state index is 13.4. The van der Waals surface area contributed by atoms with E-state index in [1.807, 2.05) is 6.92 Å². The highest BCUT2D eigenvalue weighted by atomic mass is 79.9. The van der Waals surface area contributed by atoms with Crippen LogP contribution in [-0.4, -0.2) is 45.0 Å². The molecule has 4 aromatic rings. The van der Waals surface area contributed by atoms with E-state index in [1.54, 1.807) is 42.5 Å². The second kappa shape index (κ2) is 9.21. The van der Waals surface area contributed by atoms with Gasteiger partial charge in [0.1, 0.15) is 11.5 Å². The van der Waals surface area contributed by atoms with Gasteiger partial charge in [-0.3, -0.25) is 14.5 Å². The first-order chi connectivity index (χ1) is 17.7. The van der Waals surface area contributed by atoms with Crippen molar-refractivity contribution in [1.29, 1.82) is 0 Å². The number of amides is 1. The Morgan fingerprint density at radius 1 is 1.05 bits per heavy atom. The Balaban J connectivity index is 1.73. The maximum Gasteiger partial charge on any atom is 0.335 e. The molecule has 2 heterocycles. The van der Waals surface area contributed by atoms with Crippen molar-refractivity contribution in [2.24, 2.45) is 0 Å². The summed E-state index contributed by atoms with van der Waals surface area (Å²) in [5, 5.41) is 20.6. The Bertz CT molecular complexity index is 1640. The van der Waals surface area contributed by atoms with Crippen LogP contribution in [-0.2, 0) is 9.59 Å². The summed E-state index contributed by atoms with van der Waals surface area (Å²) in [6.45, 7) is 1.85. The number of hydrogen-bond donors (Lipinski definition) is 3. The number of nitrogens with one attached hydrogen (secondary N) is 1. The molecule has 9 nitrogen and oxygen atoms in total. The van der Waals surface area contributed by atoms with E-state index in [4.69, 9.17) is 4.74 Å². The van der Waals surface area contributed by atoms with Crippen LogP contribution in [0, 0.1) is 6.92 Å². The number of carboxylic acid groups (broad SMARTS) is 1. The number of rotatable bonds is 5. The van der Waals surface area contributed by atoms with Gasteiger partial charge in [-0.2, -0.15) is 0 Å². The van der Waals surface area contributed by atoms with Crippen LogP contribution in [0.5, 0.6) is 5.75 Å². The lowest BCUT2D eigenvalue weighted by molar-refractivity contribution is -0.132. The van der Waals surface area contributed by atoms with Crippen molar-refractivity contribution in [1.82, 2.24) is 9.97 Å². The van der Waals surface area contributed by atoms with Gasteiger partial charge in [0.05, 0.1) is 35.3 Å². The first-order valence-electron chi connectivity index (χ1n) is 11.1. The van der Waals surface area contributed by atoms with Crippen molar-refractivity contribution in [3.63, 3.8) is 0 Å². The number of Topliss-reactive ketones (excluding diaryl/α,β-unsaturated/α-hetero) is 1. The van der Waals surface area contributed by atoms with Crippen LogP contribution in [0.2, 0.25) is 0 Å². The van der Waals surface area contributed by atoms with Gasteiger partial charge in [0.15, 0.2) is 0 Å². The number of ketones is 1. The number of aliphatic hydroxyl groups excluding tert-OH is 1.